The molecule has 3 aliphatic heterocycles. The van der Waals surface area contributed by atoms with Crippen LogP contribution in [0.15, 0.2) is 0 Å². The second-order valence-electron chi connectivity index (χ2n) is 7.03. The van der Waals surface area contributed by atoms with Crippen LogP contribution in [0.3, 0.4) is 0 Å². The van der Waals surface area contributed by atoms with Crippen LogP contribution >= 0.6 is 0 Å². The Morgan fingerprint density at radius 3 is 2.55 bits per heavy atom. The third-order valence-corrected chi connectivity index (χ3v) is 5.68. The van der Waals surface area contributed by atoms with Crippen molar-refractivity contribution in [3.05, 3.63) is 0 Å². The molecule has 4 rings (SSSR count). The van der Waals surface area contributed by atoms with Crippen molar-refractivity contribution >= 4 is 11.8 Å². The van der Waals surface area contributed by atoms with Crippen molar-refractivity contribution in [1.29, 1.82) is 0 Å². The zero-order chi connectivity index (χ0) is 14.1. The second kappa shape index (κ2) is 3.97. The van der Waals surface area contributed by atoms with Crippen molar-refractivity contribution in [2.24, 2.45) is 5.92 Å². The Morgan fingerprint density at radius 1 is 1.25 bits per heavy atom. The molecule has 0 aromatic heterocycles. The molecule has 3 saturated heterocycles. The predicted octanol–water partition coefficient (Wildman–Crippen LogP) is 0.822. The van der Waals surface area contributed by atoms with Gasteiger partial charge in [-0.05, 0) is 51.9 Å². The van der Waals surface area contributed by atoms with Gasteiger partial charge in [0.25, 0.3) is 0 Å². The van der Waals surface area contributed by atoms with Gasteiger partial charge in [-0.15, -0.1) is 0 Å². The molecule has 5 nitrogen and oxygen atoms in total. The Balaban J connectivity index is 1.65. The lowest BCUT2D eigenvalue weighted by atomic mass is 9.85. The number of fused-ring (bicyclic) bond motifs is 2. The van der Waals surface area contributed by atoms with Gasteiger partial charge >= 0.3 is 0 Å². The molecule has 1 N–H and O–H groups in total. The maximum Gasteiger partial charge on any atom is 0.249 e. The summed E-state index contributed by atoms with van der Waals surface area (Å²) in [4.78, 5) is 27.2. The molecule has 1 aliphatic carbocycles. The van der Waals surface area contributed by atoms with Gasteiger partial charge in [-0.3, -0.25) is 9.59 Å². The molecular weight excluding hydrogens is 256 g/mol. The molecule has 0 aromatic carbocycles. The first kappa shape index (κ1) is 12.6. The lowest BCUT2D eigenvalue weighted by Crippen LogP contribution is -2.72. The summed E-state index contributed by atoms with van der Waals surface area (Å²) in [7, 11) is 0. The summed E-state index contributed by atoms with van der Waals surface area (Å²) in [6, 6.07) is -0.275. The largest absolute Gasteiger partial charge is 0.373 e. The van der Waals surface area contributed by atoms with E-state index in [2.05, 4.69) is 5.32 Å². The molecule has 5 heteroatoms. The maximum atomic E-state index is 13.0. The maximum absolute atomic E-state index is 13.0. The van der Waals surface area contributed by atoms with Crippen LogP contribution in [0.4, 0.5) is 0 Å². The van der Waals surface area contributed by atoms with Gasteiger partial charge in [-0.1, -0.05) is 0 Å². The Hall–Kier alpha value is -1.10. The summed E-state index contributed by atoms with van der Waals surface area (Å²) in [5.41, 5.74) is -0.689. The monoisotopic (exact) mass is 278 g/mol. The predicted molar refractivity (Wildman–Crippen MR) is 71.9 cm³/mol. The second-order valence-corrected chi connectivity index (χ2v) is 7.03. The smallest absolute Gasteiger partial charge is 0.249 e. The van der Waals surface area contributed by atoms with E-state index in [-0.39, 0.29) is 30.0 Å². The van der Waals surface area contributed by atoms with Crippen molar-refractivity contribution in [1.82, 2.24) is 10.2 Å². The molecule has 3 heterocycles. The normalized spacial score (nSPS) is 47.8. The molecule has 4 fully saturated rings. The van der Waals surface area contributed by atoms with Crippen molar-refractivity contribution in [3.8, 4) is 0 Å². The Morgan fingerprint density at radius 2 is 2.00 bits per heavy atom. The molecule has 4 aliphatic rings. The van der Waals surface area contributed by atoms with Gasteiger partial charge in [0, 0.05) is 0 Å². The van der Waals surface area contributed by atoms with Gasteiger partial charge in [-0.25, -0.2) is 0 Å². The van der Waals surface area contributed by atoms with Crippen LogP contribution < -0.4 is 5.32 Å². The molecule has 2 amide bonds. The Labute approximate surface area is 119 Å². The van der Waals surface area contributed by atoms with E-state index < -0.39 is 5.54 Å². The Kier molecular flexibility index (Phi) is 2.50. The first-order chi connectivity index (χ1) is 9.50. The minimum Gasteiger partial charge on any atom is -0.373 e. The van der Waals surface area contributed by atoms with Gasteiger partial charge in [0.15, 0.2) is 0 Å². The van der Waals surface area contributed by atoms with E-state index in [0.29, 0.717) is 12.0 Å². The molecule has 20 heavy (non-hydrogen) atoms. The van der Waals surface area contributed by atoms with Crippen LogP contribution in [0, 0.1) is 5.92 Å². The number of rotatable bonds is 2. The van der Waals surface area contributed by atoms with Crippen LogP contribution in [-0.4, -0.2) is 46.5 Å². The summed E-state index contributed by atoms with van der Waals surface area (Å²) < 4.78 is 5.89. The SMILES string of the molecule is CC1C(=O)NC(C)(C2CC2)C(=O)N1C1CC2CCC1O2. The zero-order valence-electron chi connectivity index (χ0n) is 12.1. The molecule has 5 unspecified atom stereocenters. The van der Waals surface area contributed by atoms with Crippen LogP contribution in [0.5, 0.6) is 0 Å². The van der Waals surface area contributed by atoms with Crippen molar-refractivity contribution < 1.29 is 14.3 Å². The third kappa shape index (κ3) is 1.59. The lowest BCUT2D eigenvalue weighted by Gasteiger charge is -2.47. The van der Waals surface area contributed by atoms with Crippen LogP contribution in [0.1, 0.15) is 46.0 Å². The number of hydrogen-bond acceptors (Lipinski definition) is 3. The number of nitrogens with zero attached hydrogens (tertiary/aromatic N) is 1. The molecule has 5 atom stereocenters. The van der Waals surface area contributed by atoms with Crippen LogP contribution in [0.25, 0.3) is 0 Å². The fraction of sp³-hybridized carbons (Fsp3) is 0.867. The number of amides is 2. The highest BCUT2D eigenvalue weighted by molar-refractivity contribution is 6.00. The van der Waals surface area contributed by atoms with Crippen molar-refractivity contribution in [3.63, 3.8) is 0 Å². The standard InChI is InChI=1S/C15H22N2O3/c1-8-13(18)16-15(2,9-3-4-9)14(19)17(8)11-7-10-5-6-12(11)20-10/h8-12H,3-7H2,1-2H3,(H,16,18). The number of carbonyl (C=O) groups is 2. The van der Waals surface area contributed by atoms with Gasteiger partial charge in [0.2, 0.25) is 11.8 Å². The van der Waals surface area contributed by atoms with Gasteiger partial charge in [0.05, 0.1) is 18.2 Å². The molecule has 0 radical (unpaired) electrons. The average molecular weight is 278 g/mol. The van der Waals surface area contributed by atoms with Crippen molar-refractivity contribution in [2.75, 3.05) is 0 Å². The summed E-state index contributed by atoms with van der Waals surface area (Å²) in [6.07, 6.45) is 5.53. The topological polar surface area (TPSA) is 58.6 Å². The first-order valence-corrected chi connectivity index (χ1v) is 7.81. The zero-order valence-corrected chi connectivity index (χ0v) is 12.1. The molecule has 0 aromatic rings. The van der Waals surface area contributed by atoms with E-state index in [1.165, 1.54) is 0 Å². The quantitative estimate of drug-likeness (QED) is 0.813. The highest BCUT2D eigenvalue weighted by atomic mass is 16.5. The third-order valence-electron chi connectivity index (χ3n) is 5.68. The minimum atomic E-state index is -0.689. The fourth-order valence-corrected chi connectivity index (χ4v) is 4.26. The van der Waals surface area contributed by atoms with Crippen molar-refractivity contribution in [2.45, 2.75) is 75.8 Å². The summed E-state index contributed by atoms with van der Waals surface area (Å²) in [5.74, 6) is 0.406. The van der Waals surface area contributed by atoms with Gasteiger partial charge < -0.3 is 15.0 Å². The molecule has 1 saturated carbocycles. The average Bonchev–Trinajstić information content (AvgIpc) is 3.08. The summed E-state index contributed by atoms with van der Waals surface area (Å²) >= 11 is 0. The van der Waals surface area contributed by atoms with Gasteiger partial charge in [-0.2, -0.15) is 0 Å². The number of nitrogens with one attached hydrogen (secondary N) is 1. The molecule has 110 valence electrons. The van der Waals surface area contributed by atoms with E-state index in [4.69, 9.17) is 4.74 Å². The molecule has 2 bridgehead atoms. The number of piperazine rings is 1. The summed E-state index contributed by atoms with van der Waals surface area (Å²) in [6.45, 7) is 3.74. The van der Waals surface area contributed by atoms with E-state index in [1.54, 1.807) is 0 Å². The minimum absolute atomic E-state index is 0.0122. The van der Waals surface area contributed by atoms with E-state index in [0.717, 1.165) is 32.1 Å². The Bertz CT molecular complexity index is 476. The van der Waals surface area contributed by atoms with E-state index in [9.17, 15) is 9.59 Å². The first-order valence-electron chi connectivity index (χ1n) is 7.81. The number of carbonyl (C=O) groups excluding carboxylic acids is 2. The van der Waals surface area contributed by atoms with Gasteiger partial charge in [0.1, 0.15) is 11.6 Å². The molecule has 0 spiro atoms. The van der Waals surface area contributed by atoms with E-state index in [1.807, 2.05) is 18.7 Å². The van der Waals surface area contributed by atoms with Crippen LogP contribution in [-0.2, 0) is 14.3 Å². The fourth-order valence-electron chi connectivity index (χ4n) is 4.26. The lowest BCUT2D eigenvalue weighted by molar-refractivity contribution is -0.158. The number of ether oxygens (including phenoxy) is 1. The number of hydrogen-bond donors (Lipinski definition) is 1. The highest BCUT2D eigenvalue weighted by Gasteiger charge is 2.58. The van der Waals surface area contributed by atoms with E-state index >= 15 is 0 Å². The van der Waals surface area contributed by atoms with Crippen LogP contribution in [0.2, 0.25) is 0 Å². The molecular formula is C15H22N2O3. The summed E-state index contributed by atoms with van der Waals surface area (Å²) in [5, 5.41) is 2.98. The highest BCUT2D eigenvalue weighted by Crippen LogP contribution is 2.45.